The van der Waals surface area contributed by atoms with E-state index in [1.165, 1.54) is 11.3 Å². The highest BCUT2D eigenvalue weighted by molar-refractivity contribution is 7.10. The van der Waals surface area contributed by atoms with E-state index in [1.807, 2.05) is 17.5 Å². The molecule has 3 rings (SSSR count). The Morgan fingerprint density at radius 3 is 2.78 bits per heavy atom. The van der Waals surface area contributed by atoms with Gasteiger partial charge >= 0.3 is 5.97 Å². The van der Waals surface area contributed by atoms with Gasteiger partial charge in [0.2, 0.25) is 5.91 Å². The maximum atomic E-state index is 12.4. The number of fused-ring (bicyclic) bond motifs is 1. The van der Waals surface area contributed by atoms with Gasteiger partial charge in [0.05, 0.1) is 18.2 Å². The summed E-state index contributed by atoms with van der Waals surface area (Å²) < 4.78 is 5.58. The van der Waals surface area contributed by atoms with Gasteiger partial charge in [-0.3, -0.25) is 14.4 Å². The zero-order valence-electron chi connectivity index (χ0n) is 14.8. The van der Waals surface area contributed by atoms with E-state index in [-0.39, 0.29) is 31.2 Å². The van der Waals surface area contributed by atoms with Crippen molar-refractivity contribution >= 4 is 34.8 Å². The van der Waals surface area contributed by atoms with E-state index in [0.717, 1.165) is 4.88 Å². The molecule has 0 radical (unpaired) electrons. The fourth-order valence-corrected chi connectivity index (χ4v) is 3.73. The molecule has 2 aromatic rings. The first-order valence-corrected chi connectivity index (χ1v) is 9.45. The summed E-state index contributed by atoms with van der Waals surface area (Å²) in [6, 6.07) is 10.2. The predicted octanol–water partition coefficient (Wildman–Crippen LogP) is 2.58. The normalized spacial score (nSPS) is 17.0. The number of amides is 2. The Kier molecular flexibility index (Phi) is 5.75. The molecule has 0 aliphatic carbocycles. The summed E-state index contributed by atoms with van der Waals surface area (Å²) in [5.74, 6) is -0.895. The van der Waals surface area contributed by atoms with Gasteiger partial charge in [0.15, 0.2) is 6.10 Å². The van der Waals surface area contributed by atoms with E-state index in [4.69, 9.17) is 9.84 Å². The minimum absolute atomic E-state index is 0.0638. The van der Waals surface area contributed by atoms with Crippen LogP contribution in [0.3, 0.4) is 0 Å². The summed E-state index contributed by atoms with van der Waals surface area (Å²) >= 11 is 1.39. The first kappa shape index (κ1) is 18.9. The number of nitrogens with zero attached hydrogens (tertiary/aromatic N) is 1. The first-order valence-electron chi connectivity index (χ1n) is 8.57. The van der Waals surface area contributed by atoms with Crippen molar-refractivity contribution in [3.63, 3.8) is 0 Å². The van der Waals surface area contributed by atoms with Gasteiger partial charge in [0, 0.05) is 17.8 Å². The number of carboxylic acids is 1. The molecule has 8 heteroatoms. The Morgan fingerprint density at radius 2 is 2.07 bits per heavy atom. The number of hydrogen-bond acceptors (Lipinski definition) is 5. The van der Waals surface area contributed by atoms with Crippen LogP contribution in [0.4, 0.5) is 5.69 Å². The van der Waals surface area contributed by atoms with E-state index in [1.54, 1.807) is 36.1 Å². The quantitative estimate of drug-likeness (QED) is 0.760. The molecule has 0 saturated heterocycles. The molecule has 1 aromatic carbocycles. The highest BCUT2D eigenvalue weighted by Gasteiger charge is 2.31. The zero-order valence-corrected chi connectivity index (χ0v) is 15.6. The lowest BCUT2D eigenvalue weighted by Crippen LogP contribution is -2.46. The van der Waals surface area contributed by atoms with E-state index in [9.17, 15) is 14.4 Å². The maximum absolute atomic E-state index is 12.4. The Bertz CT molecular complexity index is 836. The number of benzene rings is 1. The van der Waals surface area contributed by atoms with Crippen LogP contribution >= 0.6 is 11.3 Å². The summed E-state index contributed by atoms with van der Waals surface area (Å²) in [7, 11) is 0. The average molecular weight is 388 g/mol. The van der Waals surface area contributed by atoms with Crippen molar-refractivity contribution < 1.29 is 24.2 Å². The molecule has 142 valence electrons. The van der Waals surface area contributed by atoms with Gasteiger partial charge in [0.1, 0.15) is 5.75 Å². The van der Waals surface area contributed by atoms with Gasteiger partial charge in [-0.1, -0.05) is 18.2 Å². The standard InChI is InChI=1S/C19H20N2O5S/c1-12-19(25)21(14-5-2-3-6-15(14)26-12)9-8-17(22)20-13(11-18(23)24)16-7-4-10-27-16/h2-7,10,12-13H,8-9,11H2,1H3,(H,20,22)(H,23,24)/t12-,13-/m1/s1. The molecule has 0 fully saturated rings. The van der Waals surface area contributed by atoms with Crippen LogP contribution in [-0.2, 0) is 14.4 Å². The van der Waals surface area contributed by atoms with Crippen LogP contribution in [0, 0.1) is 0 Å². The number of aliphatic carboxylic acids is 1. The highest BCUT2D eigenvalue weighted by atomic mass is 32.1. The number of thiophene rings is 1. The predicted molar refractivity (Wildman–Crippen MR) is 101 cm³/mol. The van der Waals surface area contributed by atoms with Gasteiger partial charge in [-0.2, -0.15) is 0 Å². The van der Waals surface area contributed by atoms with Crippen molar-refractivity contribution in [2.24, 2.45) is 0 Å². The molecule has 27 heavy (non-hydrogen) atoms. The summed E-state index contributed by atoms with van der Waals surface area (Å²) in [4.78, 5) is 38.3. The number of hydrogen-bond donors (Lipinski definition) is 2. The molecule has 2 N–H and O–H groups in total. The number of carbonyl (C=O) groups is 3. The van der Waals surface area contributed by atoms with Crippen LogP contribution in [-0.4, -0.2) is 35.5 Å². The Hall–Kier alpha value is -2.87. The lowest BCUT2D eigenvalue weighted by molar-refractivity contribution is -0.137. The molecule has 0 saturated carbocycles. The van der Waals surface area contributed by atoms with Gasteiger partial charge in [0.25, 0.3) is 5.91 Å². The lowest BCUT2D eigenvalue weighted by Gasteiger charge is -2.32. The van der Waals surface area contributed by atoms with Crippen molar-refractivity contribution in [2.45, 2.75) is 31.9 Å². The van der Waals surface area contributed by atoms with E-state index < -0.39 is 18.1 Å². The van der Waals surface area contributed by atoms with Crippen LogP contribution in [0.25, 0.3) is 0 Å². The number of nitrogens with one attached hydrogen (secondary N) is 1. The minimum atomic E-state index is -0.986. The third-order valence-electron chi connectivity index (χ3n) is 4.24. The van der Waals surface area contributed by atoms with Gasteiger partial charge in [-0.15, -0.1) is 11.3 Å². The number of rotatable bonds is 7. The summed E-state index contributed by atoms with van der Waals surface area (Å²) in [5.41, 5.74) is 0.633. The largest absolute Gasteiger partial charge is 0.481 e. The van der Waals surface area contributed by atoms with Crippen LogP contribution in [0.15, 0.2) is 41.8 Å². The van der Waals surface area contributed by atoms with Gasteiger partial charge in [-0.05, 0) is 30.5 Å². The number of ether oxygens (including phenoxy) is 1. The lowest BCUT2D eigenvalue weighted by atomic mass is 10.1. The summed E-state index contributed by atoms with van der Waals surface area (Å²) in [6.45, 7) is 1.87. The number of carbonyl (C=O) groups excluding carboxylic acids is 2. The summed E-state index contributed by atoms with van der Waals surface area (Å²) in [6.07, 6.45) is -0.745. The van der Waals surface area contributed by atoms with E-state index in [0.29, 0.717) is 11.4 Å². The third kappa shape index (κ3) is 4.46. The SMILES string of the molecule is C[C@H]1Oc2ccccc2N(CCC(=O)N[C@H](CC(=O)O)c2cccs2)C1=O. The van der Waals surface area contributed by atoms with Crippen LogP contribution < -0.4 is 15.0 Å². The number of para-hydroxylation sites is 2. The van der Waals surface area contributed by atoms with Crippen LogP contribution in [0.5, 0.6) is 5.75 Å². The van der Waals surface area contributed by atoms with Crippen molar-refractivity contribution in [2.75, 3.05) is 11.4 Å². The zero-order chi connectivity index (χ0) is 19.4. The third-order valence-corrected chi connectivity index (χ3v) is 5.22. The molecule has 7 nitrogen and oxygen atoms in total. The second-order valence-corrected chi connectivity index (χ2v) is 7.18. The molecule has 0 spiro atoms. The Balaban J connectivity index is 1.66. The van der Waals surface area contributed by atoms with Gasteiger partial charge < -0.3 is 20.1 Å². The minimum Gasteiger partial charge on any atom is -0.481 e. The van der Waals surface area contributed by atoms with E-state index >= 15 is 0 Å². The second kappa shape index (κ2) is 8.22. The molecule has 2 heterocycles. The molecule has 1 aromatic heterocycles. The molecule has 1 aliphatic heterocycles. The Morgan fingerprint density at radius 1 is 1.30 bits per heavy atom. The molecular weight excluding hydrogens is 368 g/mol. The molecular formula is C19H20N2O5S. The molecule has 0 bridgehead atoms. The fraction of sp³-hybridized carbons (Fsp3) is 0.316. The molecule has 0 unspecified atom stereocenters. The first-order chi connectivity index (χ1) is 13.0. The Labute approximate surface area is 160 Å². The maximum Gasteiger partial charge on any atom is 0.305 e. The highest BCUT2D eigenvalue weighted by Crippen LogP contribution is 2.33. The molecule has 2 atom stereocenters. The summed E-state index contributed by atoms with van der Waals surface area (Å²) in [5, 5.41) is 13.7. The smallest absolute Gasteiger partial charge is 0.305 e. The van der Waals surface area contributed by atoms with Crippen molar-refractivity contribution in [3.05, 3.63) is 46.7 Å². The van der Waals surface area contributed by atoms with Crippen LogP contribution in [0.2, 0.25) is 0 Å². The number of anilines is 1. The van der Waals surface area contributed by atoms with E-state index in [2.05, 4.69) is 5.32 Å². The van der Waals surface area contributed by atoms with Crippen LogP contribution in [0.1, 0.15) is 30.7 Å². The fourth-order valence-electron chi connectivity index (χ4n) is 2.96. The average Bonchev–Trinajstić information content (AvgIpc) is 3.16. The van der Waals surface area contributed by atoms with Crippen molar-refractivity contribution in [3.8, 4) is 5.75 Å². The second-order valence-electron chi connectivity index (χ2n) is 6.20. The molecule has 1 aliphatic rings. The topological polar surface area (TPSA) is 95.9 Å². The number of carboxylic acid groups (broad SMARTS) is 1. The monoisotopic (exact) mass is 388 g/mol. The molecule has 2 amide bonds. The van der Waals surface area contributed by atoms with Gasteiger partial charge in [-0.25, -0.2) is 0 Å². The van der Waals surface area contributed by atoms with Crippen molar-refractivity contribution in [1.82, 2.24) is 5.32 Å². The van der Waals surface area contributed by atoms with Crippen molar-refractivity contribution in [1.29, 1.82) is 0 Å².